The molecule has 2 fully saturated rings. The summed E-state index contributed by atoms with van der Waals surface area (Å²) in [6.45, 7) is 2.29. The van der Waals surface area contributed by atoms with Crippen LogP contribution in [0.2, 0.25) is 0 Å². The van der Waals surface area contributed by atoms with Crippen molar-refractivity contribution < 1.29 is 22.7 Å². The van der Waals surface area contributed by atoms with Gasteiger partial charge in [-0.1, -0.05) is 44.7 Å². The molecule has 0 saturated heterocycles. The molecule has 2 nitrogen and oxygen atoms in total. The Kier molecular flexibility index (Phi) is 7.77. The van der Waals surface area contributed by atoms with Crippen LogP contribution in [0.15, 0.2) is 36.4 Å². The lowest BCUT2D eigenvalue weighted by molar-refractivity contribution is 0.0733. The summed E-state index contributed by atoms with van der Waals surface area (Å²) in [5.74, 6) is -2.24. The Morgan fingerprint density at radius 3 is 1.94 bits per heavy atom. The minimum atomic E-state index is -1.59. The van der Waals surface area contributed by atoms with Crippen LogP contribution in [-0.4, -0.2) is 5.97 Å². The number of benzene rings is 2. The Bertz CT molecular complexity index is 917. The molecule has 2 saturated carbocycles. The highest BCUT2D eigenvalue weighted by atomic mass is 19.2. The fourth-order valence-corrected chi connectivity index (χ4v) is 5.93. The molecule has 0 N–H and O–H groups in total. The van der Waals surface area contributed by atoms with E-state index in [2.05, 4.69) is 6.92 Å². The van der Waals surface area contributed by atoms with E-state index in [1.807, 2.05) is 12.1 Å². The van der Waals surface area contributed by atoms with Gasteiger partial charge in [0.2, 0.25) is 0 Å². The van der Waals surface area contributed by atoms with E-state index in [0.29, 0.717) is 23.6 Å². The van der Waals surface area contributed by atoms with Gasteiger partial charge in [-0.25, -0.2) is 18.0 Å². The van der Waals surface area contributed by atoms with E-state index in [-0.39, 0.29) is 5.75 Å². The highest BCUT2D eigenvalue weighted by molar-refractivity contribution is 5.91. The first-order chi connectivity index (χ1) is 15.9. The average Bonchev–Trinajstić information content (AvgIpc) is 2.83. The van der Waals surface area contributed by atoms with Gasteiger partial charge in [0.25, 0.3) is 0 Å². The van der Waals surface area contributed by atoms with Gasteiger partial charge < -0.3 is 4.74 Å². The minimum absolute atomic E-state index is 0.293. The number of hydrogen-bond donors (Lipinski definition) is 0. The van der Waals surface area contributed by atoms with E-state index >= 15 is 0 Å². The molecule has 0 radical (unpaired) electrons. The van der Waals surface area contributed by atoms with Crippen LogP contribution in [-0.2, 0) is 0 Å². The summed E-state index contributed by atoms with van der Waals surface area (Å²) in [6, 6.07) is 8.61. The zero-order valence-electron chi connectivity index (χ0n) is 19.3. The molecule has 0 unspecified atom stereocenters. The maximum absolute atomic E-state index is 13.3. The molecule has 0 bridgehead atoms. The van der Waals surface area contributed by atoms with E-state index in [9.17, 15) is 18.0 Å². The van der Waals surface area contributed by atoms with Gasteiger partial charge in [0.15, 0.2) is 17.5 Å². The highest BCUT2D eigenvalue weighted by Gasteiger charge is 2.31. The Balaban J connectivity index is 1.29. The molecule has 2 aliphatic rings. The van der Waals surface area contributed by atoms with Gasteiger partial charge in [-0.3, -0.25) is 0 Å². The van der Waals surface area contributed by atoms with Gasteiger partial charge in [0.1, 0.15) is 5.75 Å². The van der Waals surface area contributed by atoms with Crippen LogP contribution < -0.4 is 4.74 Å². The first-order valence-electron chi connectivity index (χ1n) is 12.4. The average molecular weight is 459 g/mol. The molecule has 2 aromatic rings. The number of esters is 1. The number of halogens is 3. The maximum atomic E-state index is 13.3. The number of rotatable bonds is 6. The van der Waals surface area contributed by atoms with Gasteiger partial charge >= 0.3 is 5.97 Å². The SMILES string of the molecule is CCCC1CCC(C2CCC(c3ccc(C(=O)Oc4cc(F)c(F)c(F)c4)cc3)CC2)CC1. The van der Waals surface area contributed by atoms with Crippen molar-refractivity contribution in [2.75, 3.05) is 0 Å². The molecule has 2 aliphatic carbocycles. The van der Waals surface area contributed by atoms with Gasteiger partial charge in [-0.15, -0.1) is 0 Å². The van der Waals surface area contributed by atoms with Crippen LogP contribution >= 0.6 is 0 Å². The molecule has 5 heteroatoms. The van der Waals surface area contributed by atoms with Crippen molar-refractivity contribution in [1.29, 1.82) is 0 Å². The number of carbonyl (C=O) groups is 1. The molecule has 0 aliphatic heterocycles. The van der Waals surface area contributed by atoms with Crippen molar-refractivity contribution in [2.24, 2.45) is 17.8 Å². The Labute approximate surface area is 194 Å². The van der Waals surface area contributed by atoms with E-state index in [1.165, 1.54) is 69.8 Å². The lowest BCUT2D eigenvalue weighted by Crippen LogP contribution is -2.25. The third-order valence-corrected chi connectivity index (χ3v) is 7.81. The number of ether oxygens (including phenoxy) is 1. The normalized spacial score (nSPS) is 25.6. The third-order valence-electron chi connectivity index (χ3n) is 7.81. The molecule has 0 atom stereocenters. The van der Waals surface area contributed by atoms with E-state index < -0.39 is 23.4 Å². The Hall–Kier alpha value is -2.30. The van der Waals surface area contributed by atoms with Crippen molar-refractivity contribution >= 4 is 5.97 Å². The predicted octanol–water partition coefficient (Wildman–Crippen LogP) is 8.20. The first kappa shape index (κ1) is 23.8. The third kappa shape index (κ3) is 5.80. The number of carbonyl (C=O) groups excluding carboxylic acids is 1. The van der Waals surface area contributed by atoms with Crippen molar-refractivity contribution in [3.8, 4) is 5.75 Å². The van der Waals surface area contributed by atoms with E-state index in [4.69, 9.17) is 4.74 Å². The second kappa shape index (κ2) is 10.8. The highest BCUT2D eigenvalue weighted by Crippen LogP contribution is 2.44. The fraction of sp³-hybridized carbons (Fsp3) is 0.536. The van der Waals surface area contributed by atoms with Crippen LogP contribution in [0.1, 0.15) is 93.0 Å². The lowest BCUT2D eigenvalue weighted by atomic mass is 9.68. The summed E-state index contributed by atoms with van der Waals surface area (Å²) in [5, 5.41) is 0. The fourth-order valence-electron chi connectivity index (χ4n) is 5.93. The quantitative estimate of drug-likeness (QED) is 0.248. The van der Waals surface area contributed by atoms with Crippen LogP contribution in [0, 0.1) is 35.2 Å². The van der Waals surface area contributed by atoms with E-state index in [1.54, 1.807) is 12.1 Å². The van der Waals surface area contributed by atoms with Crippen molar-refractivity contribution in [3.63, 3.8) is 0 Å². The van der Waals surface area contributed by atoms with E-state index in [0.717, 1.165) is 17.8 Å². The monoisotopic (exact) mass is 458 g/mol. The Morgan fingerprint density at radius 2 is 1.39 bits per heavy atom. The second-order valence-corrected chi connectivity index (χ2v) is 9.89. The maximum Gasteiger partial charge on any atom is 0.343 e. The van der Waals surface area contributed by atoms with Crippen LogP contribution in [0.3, 0.4) is 0 Å². The van der Waals surface area contributed by atoms with Crippen molar-refractivity contribution in [3.05, 3.63) is 65.0 Å². The largest absolute Gasteiger partial charge is 0.423 e. The first-order valence-corrected chi connectivity index (χ1v) is 12.4. The predicted molar refractivity (Wildman–Crippen MR) is 123 cm³/mol. The zero-order valence-corrected chi connectivity index (χ0v) is 19.3. The second-order valence-electron chi connectivity index (χ2n) is 9.89. The summed E-state index contributed by atoms with van der Waals surface area (Å²) in [5.41, 5.74) is 1.51. The van der Waals surface area contributed by atoms with Crippen molar-refractivity contribution in [2.45, 2.75) is 77.0 Å². The molecule has 0 heterocycles. The Morgan fingerprint density at radius 1 is 0.848 bits per heavy atom. The summed E-state index contributed by atoms with van der Waals surface area (Å²) >= 11 is 0. The molecule has 0 spiro atoms. The minimum Gasteiger partial charge on any atom is -0.423 e. The van der Waals surface area contributed by atoms with Gasteiger partial charge in [0.05, 0.1) is 5.56 Å². The molecular weight excluding hydrogens is 425 g/mol. The van der Waals surface area contributed by atoms with Gasteiger partial charge in [0, 0.05) is 12.1 Å². The van der Waals surface area contributed by atoms with Gasteiger partial charge in [-0.05, 0) is 79.9 Å². The molecule has 0 amide bonds. The van der Waals surface area contributed by atoms with Crippen LogP contribution in [0.25, 0.3) is 0 Å². The zero-order chi connectivity index (χ0) is 23.4. The lowest BCUT2D eigenvalue weighted by Gasteiger charge is -2.38. The standard InChI is InChI=1S/C28H33F3O2/c1-2-3-18-4-6-19(7-5-18)20-8-10-21(11-9-20)22-12-14-23(15-13-22)28(32)33-24-16-25(29)27(31)26(30)17-24/h12-21H,2-11H2,1H3. The summed E-state index contributed by atoms with van der Waals surface area (Å²) < 4.78 is 44.8. The molecule has 2 aromatic carbocycles. The number of hydrogen-bond acceptors (Lipinski definition) is 2. The smallest absolute Gasteiger partial charge is 0.343 e. The van der Waals surface area contributed by atoms with Crippen molar-refractivity contribution in [1.82, 2.24) is 0 Å². The molecule has 33 heavy (non-hydrogen) atoms. The van der Waals surface area contributed by atoms with Crippen LogP contribution in [0.4, 0.5) is 13.2 Å². The molecule has 0 aromatic heterocycles. The molecule has 4 rings (SSSR count). The topological polar surface area (TPSA) is 26.3 Å². The van der Waals surface area contributed by atoms with Gasteiger partial charge in [-0.2, -0.15) is 0 Å². The molecule has 178 valence electrons. The summed E-state index contributed by atoms with van der Waals surface area (Å²) in [6.07, 6.45) is 13.2. The summed E-state index contributed by atoms with van der Waals surface area (Å²) in [7, 11) is 0. The summed E-state index contributed by atoms with van der Waals surface area (Å²) in [4.78, 5) is 12.3. The van der Waals surface area contributed by atoms with Crippen LogP contribution in [0.5, 0.6) is 5.75 Å². The molecular formula is C28H33F3O2.